The molecule has 0 saturated heterocycles. The number of hydrogen-bond acceptors (Lipinski definition) is 3. The highest BCUT2D eigenvalue weighted by Gasteiger charge is 2.17. The minimum absolute atomic E-state index is 0.148. The fourth-order valence-electron chi connectivity index (χ4n) is 1.78. The van der Waals surface area contributed by atoms with Crippen molar-refractivity contribution >= 4 is 10.0 Å². The molecule has 1 aromatic rings. The van der Waals surface area contributed by atoms with Crippen LogP contribution < -0.4 is 5.32 Å². The zero-order valence-electron chi connectivity index (χ0n) is 12.0. The maximum atomic E-state index is 12.1. The van der Waals surface area contributed by atoms with Crippen LogP contribution in [0.25, 0.3) is 0 Å². The molecule has 0 fully saturated rings. The predicted octanol–water partition coefficient (Wildman–Crippen LogP) is 1.76. The van der Waals surface area contributed by atoms with Crippen LogP contribution in [0.1, 0.15) is 24.5 Å². The van der Waals surface area contributed by atoms with E-state index in [-0.39, 0.29) is 5.75 Å². The third kappa shape index (κ3) is 5.30. The van der Waals surface area contributed by atoms with E-state index in [0.29, 0.717) is 13.1 Å². The Balaban J connectivity index is 2.56. The predicted molar refractivity (Wildman–Crippen MR) is 79.6 cm³/mol. The topological polar surface area (TPSA) is 49.4 Å². The van der Waals surface area contributed by atoms with E-state index in [9.17, 15) is 8.42 Å². The molecule has 19 heavy (non-hydrogen) atoms. The molecule has 4 nitrogen and oxygen atoms in total. The van der Waals surface area contributed by atoms with Gasteiger partial charge in [0.15, 0.2) is 0 Å². The van der Waals surface area contributed by atoms with Gasteiger partial charge in [-0.2, -0.15) is 0 Å². The van der Waals surface area contributed by atoms with Crippen molar-refractivity contribution in [2.45, 2.75) is 26.8 Å². The summed E-state index contributed by atoms with van der Waals surface area (Å²) in [5, 5.41) is 3.12. The number of rotatable bonds is 8. The Kier molecular flexibility index (Phi) is 6.48. The molecule has 0 aromatic heterocycles. The zero-order chi connectivity index (χ0) is 14.3. The first-order chi connectivity index (χ1) is 8.97. The molecular formula is C14H24N2O2S. The Morgan fingerprint density at radius 1 is 1.21 bits per heavy atom. The molecule has 0 spiro atoms. The van der Waals surface area contributed by atoms with Crippen molar-refractivity contribution in [2.24, 2.45) is 0 Å². The Bertz CT molecular complexity index is 486. The smallest absolute Gasteiger partial charge is 0.215 e. The first-order valence-electron chi connectivity index (χ1n) is 6.66. The highest BCUT2D eigenvalue weighted by Crippen LogP contribution is 2.11. The standard InChI is InChI=1S/C14H24N2O2S/c1-4-9-15-10-11-19(17,18)16(3)12-14-8-6-5-7-13(14)2/h5-8,15H,4,9-12H2,1-3H3. The van der Waals surface area contributed by atoms with Crippen molar-refractivity contribution in [1.29, 1.82) is 0 Å². The lowest BCUT2D eigenvalue weighted by atomic mass is 10.1. The quantitative estimate of drug-likeness (QED) is 0.740. The number of sulfonamides is 1. The summed E-state index contributed by atoms with van der Waals surface area (Å²) in [6.07, 6.45) is 1.01. The molecule has 0 bridgehead atoms. The summed E-state index contributed by atoms with van der Waals surface area (Å²) in [7, 11) is -1.54. The van der Waals surface area contributed by atoms with Gasteiger partial charge < -0.3 is 5.32 Å². The molecule has 5 heteroatoms. The molecule has 0 unspecified atom stereocenters. The van der Waals surface area contributed by atoms with E-state index >= 15 is 0 Å². The van der Waals surface area contributed by atoms with Crippen molar-refractivity contribution in [3.8, 4) is 0 Å². The van der Waals surface area contributed by atoms with Crippen LogP contribution >= 0.6 is 0 Å². The lowest BCUT2D eigenvalue weighted by Crippen LogP contribution is -2.33. The SMILES string of the molecule is CCCNCCS(=O)(=O)N(C)Cc1ccccc1C. The average Bonchev–Trinajstić information content (AvgIpc) is 2.37. The van der Waals surface area contributed by atoms with Crippen molar-refractivity contribution in [3.05, 3.63) is 35.4 Å². The van der Waals surface area contributed by atoms with Crippen molar-refractivity contribution in [3.63, 3.8) is 0 Å². The van der Waals surface area contributed by atoms with Gasteiger partial charge in [0.25, 0.3) is 0 Å². The van der Waals surface area contributed by atoms with Crippen LogP contribution in [0.4, 0.5) is 0 Å². The summed E-state index contributed by atoms with van der Waals surface area (Å²) >= 11 is 0. The van der Waals surface area contributed by atoms with Crippen LogP contribution in [-0.2, 0) is 16.6 Å². The second-order valence-electron chi connectivity index (χ2n) is 4.75. The third-order valence-corrected chi connectivity index (χ3v) is 4.89. The highest BCUT2D eigenvalue weighted by molar-refractivity contribution is 7.89. The van der Waals surface area contributed by atoms with Crippen LogP contribution in [0, 0.1) is 6.92 Å². The minimum atomic E-state index is -3.18. The first kappa shape index (κ1) is 16.1. The maximum Gasteiger partial charge on any atom is 0.215 e. The largest absolute Gasteiger partial charge is 0.316 e. The zero-order valence-corrected chi connectivity index (χ0v) is 12.8. The van der Waals surface area contributed by atoms with Crippen LogP contribution in [0.3, 0.4) is 0 Å². The molecule has 1 N–H and O–H groups in total. The van der Waals surface area contributed by atoms with E-state index in [1.165, 1.54) is 4.31 Å². The third-order valence-electron chi connectivity index (χ3n) is 3.09. The van der Waals surface area contributed by atoms with Gasteiger partial charge in [-0.25, -0.2) is 12.7 Å². The second-order valence-corrected chi connectivity index (χ2v) is 6.94. The Hall–Kier alpha value is -0.910. The van der Waals surface area contributed by atoms with Gasteiger partial charge in [-0.3, -0.25) is 0 Å². The van der Waals surface area contributed by atoms with Crippen molar-refractivity contribution < 1.29 is 8.42 Å². The van der Waals surface area contributed by atoms with E-state index < -0.39 is 10.0 Å². The molecule has 0 heterocycles. The van der Waals surface area contributed by atoms with Crippen LogP contribution in [0.2, 0.25) is 0 Å². The van der Waals surface area contributed by atoms with Gasteiger partial charge in [-0.15, -0.1) is 0 Å². The lowest BCUT2D eigenvalue weighted by Gasteiger charge is -2.18. The monoisotopic (exact) mass is 284 g/mol. The van der Waals surface area contributed by atoms with E-state index in [1.807, 2.05) is 31.2 Å². The number of nitrogens with zero attached hydrogens (tertiary/aromatic N) is 1. The number of nitrogens with one attached hydrogen (secondary N) is 1. The first-order valence-corrected chi connectivity index (χ1v) is 8.27. The molecular weight excluding hydrogens is 260 g/mol. The summed E-state index contributed by atoms with van der Waals surface area (Å²) in [6.45, 7) is 5.86. The van der Waals surface area contributed by atoms with Crippen LogP contribution in [0.15, 0.2) is 24.3 Å². The number of aryl methyl sites for hydroxylation is 1. The molecule has 108 valence electrons. The summed E-state index contributed by atoms with van der Waals surface area (Å²) < 4.78 is 25.6. The van der Waals surface area contributed by atoms with E-state index in [1.54, 1.807) is 7.05 Å². The fourth-order valence-corrected chi connectivity index (χ4v) is 2.83. The van der Waals surface area contributed by atoms with Gasteiger partial charge >= 0.3 is 0 Å². The van der Waals surface area contributed by atoms with E-state index in [0.717, 1.165) is 24.1 Å². The summed E-state index contributed by atoms with van der Waals surface area (Å²) in [5.74, 6) is 0.148. The molecule has 0 radical (unpaired) electrons. The maximum absolute atomic E-state index is 12.1. The molecule has 0 amide bonds. The Morgan fingerprint density at radius 2 is 1.89 bits per heavy atom. The highest BCUT2D eigenvalue weighted by atomic mass is 32.2. The number of benzene rings is 1. The van der Waals surface area contributed by atoms with Gasteiger partial charge in [-0.05, 0) is 31.0 Å². The van der Waals surface area contributed by atoms with Gasteiger partial charge in [-0.1, -0.05) is 31.2 Å². The minimum Gasteiger partial charge on any atom is -0.316 e. The summed E-state index contributed by atoms with van der Waals surface area (Å²) in [5.41, 5.74) is 2.17. The van der Waals surface area contributed by atoms with Crippen LogP contribution in [-0.4, -0.2) is 38.6 Å². The molecule has 0 atom stereocenters. The molecule has 0 aliphatic heterocycles. The van der Waals surface area contributed by atoms with Crippen molar-refractivity contribution in [2.75, 3.05) is 25.9 Å². The van der Waals surface area contributed by atoms with Gasteiger partial charge in [0.1, 0.15) is 0 Å². The number of hydrogen-bond donors (Lipinski definition) is 1. The van der Waals surface area contributed by atoms with E-state index in [4.69, 9.17) is 0 Å². The molecule has 0 saturated carbocycles. The molecule has 0 aliphatic carbocycles. The van der Waals surface area contributed by atoms with Gasteiger partial charge in [0.2, 0.25) is 10.0 Å². The van der Waals surface area contributed by atoms with E-state index in [2.05, 4.69) is 12.2 Å². The molecule has 1 aromatic carbocycles. The summed E-state index contributed by atoms with van der Waals surface area (Å²) in [6, 6.07) is 7.86. The average molecular weight is 284 g/mol. The van der Waals surface area contributed by atoms with Gasteiger partial charge in [0.05, 0.1) is 5.75 Å². The summed E-state index contributed by atoms with van der Waals surface area (Å²) in [4.78, 5) is 0. The fraction of sp³-hybridized carbons (Fsp3) is 0.571. The second kappa shape index (κ2) is 7.62. The van der Waals surface area contributed by atoms with Crippen molar-refractivity contribution in [1.82, 2.24) is 9.62 Å². The lowest BCUT2D eigenvalue weighted by molar-refractivity contribution is 0.464. The normalized spacial score (nSPS) is 12.0. The van der Waals surface area contributed by atoms with Gasteiger partial charge in [0, 0.05) is 20.1 Å². The molecule has 1 rings (SSSR count). The Labute approximate surface area is 116 Å². The Morgan fingerprint density at radius 3 is 2.53 bits per heavy atom. The van der Waals surface area contributed by atoms with Crippen LogP contribution in [0.5, 0.6) is 0 Å². The molecule has 0 aliphatic rings.